The van der Waals surface area contributed by atoms with E-state index in [1.165, 1.54) is 0 Å². The second kappa shape index (κ2) is 6.74. The highest BCUT2D eigenvalue weighted by Gasteiger charge is 2.35. The van der Waals surface area contributed by atoms with Crippen LogP contribution < -0.4 is 9.64 Å². The largest absolute Gasteiger partial charge is 0.497 e. The number of carbonyl (C=O) groups is 2. The monoisotopic (exact) mass is 324 g/mol. The molecule has 124 valence electrons. The molecule has 0 saturated carbocycles. The van der Waals surface area contributed by atoms with Crippen LogP contribution in [0.15, 0.2) is 54.6 Å². The number of carbonyl (C=O) groups excluding carboxylic acids is 2. The Bertz CT molecular complexity index is 745. The van der Waals surface area contributed by atoms with Gasteiger partial charge in [0, 0.05) is 30.4 Å². The summed E-state index contributed by atoms with van der Waals surface area (Å²) in [5.74, 6) is 0.510. The fraction of sp³-hybridized carbons (Fsp3) is 0.263. The van der Waals surface area contributed by atoms with E-state index in [1.54, 1.807) is 36.0 Å². The molecule has 2 amide bonds. The Morgan fingerprint density at radius 2 is 1.83 bits per heavy atom. The van der Waals surface area contributed by atoms with Crippen molar-refractivity contribution in [1.82, 2.24) is 4.90 Å². The molecule has 1 atom stereocenters. The predicted molar refractivity (Wildman–Crippen MR) is 92.3 cm³/mol. The van der Waals surface area contributed by atoms with E-state index in [9.17, 15) is 9.59 Å². The average Bonchev–Trinajstić information content (AvgIpc) is 2.64. The molecule has 2 aromatic carbocycles. The van der Waals surface area contributed by atoms with Gasteiger partial charge in [-0.2, -0.15) is 0 Å². The number of ether oxygens (including phenoxy) is 1. The molecule has 0 aromatic heterocycles. The van der Waals surface area contributed by atoms with Crippen molar-refractivity contribution in [3.8, 4) is 5.75 Å². The standard InChI is InChI=1S/C19H20N2O3/c1-14-18(22)21(16-9-6-10-17(13-16)24-2)12-11-20(14)19(23)15-7-4-3-5-8-15/h3-10,13-14H,11-12H2,1-2H3. The van der Waals surface area contributed by atoms with Crippen LogP contribution in [0, 0.1) is 0 Å². The lowest BCUT2D eigenvalue weighted by Crippen LogP contribution is -2.57. The van der Waals surface area contributed by atoms with E-state index in [4.69, 9.17) is 4.74 Å². The van der Waals surface area contributed by atoms with E-state index in [-0.39, 0.29) is 11.8 Å². The van der Waals surface area contributed by atoms with Crippen LogP contribution in [-0.4, -0.2) is 43.0 Å². The molecular weight excluding hydrogens is 304 g/mol. The molecule has 3 rings (SSSR count). The van der Waals surface area contributed by atoms with Crippen molar-refractivity contribution in [2.75, 3.05) is 25.1 Å². The fourth-order valence-corrected chi connectivity index (χ4v) is 2.93. The summed E-state index contributed by atoms with van der Waals surface area (Å²) in [6, 6.07) is 16.0. The molecule has 1 unspecified atom stereocenters. The molecule has 5 nitrogen and oxygen atoms in total. The number of benzene rings is 2. The van der Waals surface area contributed by atoms with Crippen molar-refractivity contribution in [3.63, 3.8) is 0 Å². The number of piperazine rings is 1. The van der Waals surface area contributed by atoms with Gasteiger partial charge in [0.2, 0.25) is 5.91 Å². The summed E-state index contributed by atoms with van der Waals surface area (Å²) in [5, 5.41) is 0. The van der Waals surface area contributed by atoms with Gasteiger partial charge in [-0.15, -0.1) is 0 Å². The van der Waals surface area contributed by atoms with Gasteiger partial charge in [0.1, 0.15) is 11.8 Å². The average molecular weight is 324 g/mol. The molecule has 0 N–H and O–H groups in total. The summed E-state index contributed by atoms with van der Waals surface area (Å²) in [6.07, 6.45) is 0. The van der Waals surface area contributed by atoms with Crippen LogP contribution in [0.4, 0.5) is 5.69 Å². The lowest BCUT2D eigenvalue weighted by molar-refractivity contribution is -0.124. The van der Waals surface area contributed by atoms with Gasteiger partial charge < -0.3 is 14.5 Å². The lowest BCUT2D eigenvalue weighted by atomic mass is 10.1. The molecule has 5 heteroatoms. The summed E-state index contributed by atoms with van der Waals surface area (Å²) in [6.45, 7) is 2.74. The van der Waals surface area contributed by atoms with Crippen LogP contribution in [-0.2, 0) is 4.79 Å². The van der Waals surface area contributed by atoms with Crippen LogP contribution >= 0.6 is 0 Å². The minimum atomic E-state index is -0.502. The minimum Gasteiger partial charge on any atom is -0.497 e. The van der Waals surface area contributed by atoms with E-state index in [0.717, 1.165) is 5.69 Å². The Balaban J connectivity index is 1.79. The van der Waals surface area contributed by atoms with Crippen molar-refractivity contribution >= 4 is 17.5 Å². The lowest BCUT2D eigenvalue weighted by Gasteiger charge is -2.39. The normalized spacial score (nSPS) is 17.8. The first-order valence-electron chi connectivity index (χ1n) is 7.93. The van der Waals surface area contributed by atoms with E-state index < -0.39 is 6.04 Å². The molecule has 1 heterocycles. The van der Waals surface area contributed by atoms with Gasteiger partial charge in [0.15, 0.2) is 0 Å². The molecule has 1 saturated heterocycles. The van der Waals surface area contributed by atoms with Crippen LogP contribution in [0.25, 0.3) is 0 Å². The molecule has 0 spiro atoms. The Labute approximate surface area is 141 Å². The first-order chi connectivity index (χ1) is 11.6. The number of amides is 2. The number of methoxy groups -OCH3 is 1. The van der Waals surface area contributed by atoms with Crippen LogP contribution in [0.3, 0.4) is 0 Å². The van der Waals surface area contributed by atoms with Gasteiger partial charge in [0.25, 0.3) is 5.91 Å². The van der Waals surface area contributed by atoms with Crippen molar-refractivity contribution in [1.29, 1.82) is 0 Å². The number of hydrogen-bond donors (Lipinski definition) is 0. The van der Waals surface area contributed by atoms with Gasteiger partial charge in [0.05, 0.1) is 7.11 Å². The summed E-state index contributed by atoms with van der Waals surface area (Å²) in [7, 11) is 1.60. The zero-order valence-corrected chi connectivity index (χ0v) is 13.8. The van der Waals surface area contributed by atoms with Gasteiger partial charge in [-0.25, -0.2) is 0 Å². The first-order valence-corrected chi connectivity index (χ1v) is 7.93. The SMILES string of the molecule is COc1cccc(N2CCN(C(=O)c3ccccc3)C(C)C2=O)c1. The second-order valence-corrected chi connectivity index (χ2v) is 5.73. The van der Waals surface area contributed by atoms with Crippen molar-refractivity contribution in [2.45, 2.75) is 13.0 Å². The molecule has 1 aliphatic rings. The number of hydrogen-bond acceptors (Lipinski definition) is 3. The zero-order chi connectivity index (χ0) is 17.1. The van der Waals surface area contributed by atoms with Crippen LogP contribution in [0.1, 0.15) is 17.3 Å². The van der Waals surface area contributed by atoms with E-state index in [0.29, 0.717) is 24.4 Å². The molecule has 2 aromatic rings. The van der Waals surface area contributed by atoms with Crippen LogP contribution in [0.2, 0.25) is 0 Å². The highest BCUT2D eigenvalue weighted by Crippen LogP contribution is 2.25. The molecule has 24 heavy (non-hydrogen) atoms. The van der Waals surface area contributed by atoms with E-state index >= 15 is 0 Å². The molecule has 1 fully saturated rings. The summed E-state index contributed by atoms with van der Waals surface area (Å²) in [4.78, 5) is 28.7. The van der Waals surface area contributed by atoms with E-state index in [2.05, 4.69) is 0 Å². The second-order valence-electron chi connectivity index (χ2n) is 5.73. The smallest absolute Gasteiger partial charge is 0.254 e. The summed E-state index contributed by atoms with van der Waals surface area (Å²) in [5.41, 5.74) is 1.39. The first kappa shape index (κ1) is 16.1. The number of rotatable bonds is 3. The summed E-state index contributed by atoms with van der Waals surface area (Å²) >= 11 is 0. The van der Waals surface area contributed by atoms with Gasteiger partial charge >= 0.3 is 0 Å². The Morgan fingerprint density at radius 1 is 1.08 bits per heavy atom. The van der Waals surface area contributed by atoms with Crippen molar-refractivity contribution in [3.05, 3.63) is 60.2 Å². The maximum Gasteiger partial charge on any atom is 0.254 e. The Kier molecular flexibility index (Phi) is 4.51. The highest BCUT2D eigenvalue weighted by molar-refractivity contribution is 6.03. The maximum absolute atomic E-state index is 12.8. The Morgan fingerprint density at radius 3 is 2.54 bits per heavy atom. The Hall–Kier alpha value is -2.82. The molecule has 0 radical (unpaired) electrons. The molecule has 0 aliphatic carbocycles. The third-order valence-electron chi connectivity index (χ3n) is 4.30. The quantitative estimate of drug-likeness (QED) is 0.872. The van der Waals surface area contributed by atoms with Crippen molar-refractivity contribution < 1.29 is 14.3 Å². The third kappa shape index (κ3) is 2.97. The predicted octanol–water partition coefficient (Wildman–Crippen LogP) is 2.57. The van der Waals surface area contributed by atoms with Crippen molar-refractivity contribution in [2.24, 2.45) is 0 Å². The van der Waals surface area contributed by atoms with E-state index in [1.807, 2.05) is 42.5 Å². The number of nitrogens with zero attached hydrogens (tertiary/aromatic N) is 2. The minimum absolute atomic E-state index is 0.0845. The zero-order valence-electron chi connectivity index (χ0n) is 13.8. The summed E-state index contributed by atoms with van der Waals surface area (Å²) < 4.78 is 5.22. The third-order valence-corrected chi connectivity index (χ3v) is 4.30. The number of anilines is 1. The highest BCUT2D eigenvalue weighted by atomic mass is 16.5. The van der Waals surface area contributed by atoms with Gasteiger partial charge in [-0.1, -0.05) is 24.3 Å². The van der Waals surface area contributed by atoms with Gasteiger partial charge in [-0.05, 0) is 31.2 Å². The maximum atomic E-state index is 12.8. The topological polar surface area (TPSA) is 49.9 Å². The van der Waals surface area contributed by atoms with Crippen LogP contribution in [0.5, 0.6) is 5.75 Å². The molecule has 0 bridgehead atoms. The molecular formula is C19H20N2O3. The molecule has 1 aliphatic heterocycles. The van der Waals surface area contributed by atoms with Gasteiger partial charge in [-0.3, -0.25) is 9.59 Å². The fourth-order valence-electron chi connectivity index (χ4n) is 2.93.